The number of rotatable bonds is 3. The molecule has 14 heavy (non-hydrogen) atoms. The lowest BCUT2D eigenvalue weighted by atomic mass is 9.76. The van der Waals surface area contributed by atoms with Gasteiger partial charge in [0.2, 0.25) is 0 Å². The van der Waals surface area contributed by atoms with Gasteiger partial charge in [-0.1, -0.05) is 37.1 Å². The van der Waals surface area contributed by atoms with E-state index >= 15 is 0 Å². The van der Waals surface area contributed by atoms with Crippen LogP contribution in [0.2, 0.25) is 0 Å². The van der Waals surface area contributed by atoms with Gasteiger partial charge in [0.25, 0.3) is 0 Å². The molecule has 1 N–H and O–H groups in total. The van der Waals surface area contributed by atoms with Crippen molar-refractivity contribution >= 4 is 0 Å². The summed E-state index contributed by atoms with van der Waals surface area (Å²) in [5.41, 5.74) is 2.94. The average Bonchev–Trinajstić information content (AvgIpc) is 2.39. The third-order valence-electron chi connectivity index (χ3n) is 3.75. The fourth-order valence-corrected chi connectivity index (χ4v) is 2.00. The predicted molar refractivity (Wildman–Crippen MR) is 61.1 cm³/mol. The largest absolute Gasteiger partial charge is 0.392 e. The van der Waals surface area contributed by atoms with Crippen molar-refractivity contribution in [1.29, 1.82) is 0 Å². The summed E-state index contributed by atoms with van der Waals surface area (Å²) < 4.78 is 0. The van der Waals surface area contributed by atoms with Crippen molar-refractivity contribution in [3.05, 3.63) is 23.3 Å². The van der Waals surface area contributed by atoms with Crippen molar-refractivity contribution < 1.29 is 5.11 Å². The Labute approximate surface area is 87.5 Å². The Morgan fingerprint density at radius 1 is 1.64 bits per heavy atom. The van der Waals surface area contributed by atoms with E-state index in [0.717, 1.165) is 12.0 Å². The standard InChI is InChI=1S/C13H22O/c1-10(9-14)5-7-12-8-6-11(2)13(12,3)4/h5-6,12,14H,7-9H2,1-4H3/b10-5+/t12-/m1/s1. The maximum atomic E-state index is 8.91. The zero-order chi connectivity index (χ0) is 10.8. The molecule has 0 aromatic heterocycles. The smallest absolute Gasteiger partial charge is 0.0639 e. The Hall–Kier alpha value is -0.560. The molecular weight excluding hydrogens is 172 g/mol. The lowest BCUT2D eigenvalue weighted by Gasteiger charge is -2.29. The van der Waals surface area contributed by atoms with Crippen LogP contribution in [0.1, 0.15) is 40.5 Å². The third-order valence-corrected chi connectivity index (χ3v) is 3.75. The Morgan fingerprint density at radius 2 is 2.29 bits per heavy atom. The normalized spacial score (nSPS) is 26.5. The second-order valence-corrected chi connectivity index (χ2v) is 4.99. The van der Waals surface area contributed by atoms with Crippen LogP contribution in [0.4, 0.5) is 0 Å². The lowest BCUT2D eigenvalue weighted by molar-refractivity contribution is 0.292. The number of hydrogen-bond acceptors (Lipinski definition) is 1. The molecule has 1 aliphatic carbocycles. The first-order valence-corrected chi connectivity index (χ1v) is 5.42. The first kappa shape index (κ1) is 11.5. The van der Waals surface area contributed by atoms with Gasteiger partial charge in [-0.25, -0.2) is 0 Å². The van der Waals surface area contributed by atoms with E-state index in [1.165, 1.54) is 12.0 Å². The van der Waals surface area contributed by atoms with Gasteiger partial charge in [0.1, 0.15) is 0 Å². The van der Waals surface area contributed by atoms with Gasteiger partial charge in [-0.15, -0.1) is 0 Å². The molecule has 0 unspecified atom stereocenters. The fourth-order valence-electron chi connectivity index (χ4n) is 2.00. The van der Waals surface area contributed by atoms with Crippen molar-refractivity contribution in [2.45, 2.75) is 40.5 Å². The van der Waals surface area contributed by atoms with E-state index in [2.05, 4.69) is 32.9 Å². The quantitative estimate of drug-likeness (QED) is 0.683. The second-order valence-electron chi connectivity index (χ2n) is 4.99. The van der Waals surface area contributed by atoms with Crippen LogP contribution in [0, 0.1) is 11.3 Å². The SMILES string of the molecule is CC1=CC[C@@H](C/C=C(\C)CO)C1(C)C. The van der Waals surface area contributed by atoms with Crippen molar-refractivity contribution in [3.63, 3.8) is 0 Å². The summed E-state index contributed by atoms with van der Waals surface area (Å²) in [5, 5.41) is 8.91. The minimum atomic E-state index is 0.194. The van der Waals surface area contributed by atoms with Crippen LogP contribution in [-0.2, 0) is 0 Å². The van der Waals surface area contributed by atoms with Crippen LogP contribution in [0.3, 0.4) is 0 Å². The highest BCUT2D eigenvalue weighted by Crippen LogP contribution is 2.44. The topological polar surface area (TPSA) is 20.2 Å². The molecule has 0 fully saturated rings. The summed E-state index contributed by atoms with van der Waals surface area (Å²) in [6, 6.07) is 0. The molecule has 1 heteroatoms. The summed E-state index contributed by atoms with van der Waals surface area (Å²) in [7, 11) is 0. The fraction of sp³-hybridized carbons (Fsp3) is 0.692. The van der Waals surface area contributed by atoms with E-state index in [-0.39, 0.29) is 6.61 Å². The Kier molecular flexibility index (Phi) is 3.54. The molecule has 1 nitrogen and oxygen atoms in total. The molecule has 0 saturated carbocycles. The molecule has 0 aliphatic heterocycles. The van der Waals surface area contributed by atoms with Gasteiger partial charge in [0, 0.05) is 0 Å². The molecule has 1 rings (SSSR count). The van der Waals surface area contributed by atoms with Gasteiger partial charge in [-0.2, -0.15) is 0 Å². The van der Waals surface area contributed by atoms with Crippen LogP contribution in [0.25, 0.3) is 0 Å². The van der Waals surface area contributed by atoms with Crippen LogP contribution in [0.5, 0.6) is 0 Å². The monoisotopic (exact) mass is 194 g/mol. The van der Waals surface area contributed by atoms with Crippen molar-refractivity contribution in [2.75, 3.05) is 6.61 Å². The van der Waals surface area contributed by atoms with E-state index in [0.29, 0.717) is 11.3 Å². The highest BCUT2D eigenvalue weighted by Gasteiger charge is 2.33. The van der Waals surface area contributed by atoms with E-state index in [1.807, 2.05) is 6.92 Å². The zero-order valence-corrected chi connectivity index (χ0v) is 9.80. The van der Waals surface area contributed by atoms with Crippen molar-refractivity contribution in [2.24, 2.45) is 11.3 Å². The van der Waals surface area contributed by atoms with Gasteiger partial charge >= 0.3 is 0 Å². The van der Waals surface area contributed by atoms with Gasteiger partial charge in [0.05, 0.1) is 6.61 Å². The minimum Gasteiger partial charge on any atom is -0.392 e. The second kappa shape index (κ2) is 4.31. The molecular formula is C13H22O. The number of aliphatic hydroxyl groups is 1. The molecule has 1 aliphatic rings. The predicted octanol–water partition coefficient (Wildman–Crippen LogP) is 3.31. The molecule has 0 radical (unpaired) electrons. The summed E-state index contributed by atoms with van der Waals surface area (Å²) in [5.74, 6) is 0.712. The van der Waals surface area contributed by atoms with Crippen molar-refractivity contribution in [3.8, 4) is 0 Å². The summed E-state index contributed by atoms with van der Waals surface area (Å²) in [6.45, 7) is 9.04. The minimum absolute atomic E-state index is 0.194. The lowest BCUT2D eigenvalue weighted by Crippen LogP contribution is -2.19. The molecule has 0 spiro atoms. The van der Waals surface area contributed by atoms with Crippen LogP contribution in [-0.4, -0.2) is 11.7 Å². The first-order chi connectivity index (χ1) is 6.48. The zero-order valence-electron chi connectivity index (χ0n) is 9.80. The summed E-state index contributed by atoms with van der Waals surface area (Å²) in [4.78, 5) is 0. The van der Waals surface area contributed by atoms with Crippen LogP contribution >= 0.6 is 0 Å². The van der Waals surface area contributed by atoms with Gasteiger partial charge < -0.3 is 5.11 Å². The first-order valence-electron chi connectivity index (χ1n) is 5.42. The van der Waals surface area contributed by atoms with Gasteiger partial charge in [0.15, 0.2) is 0 Å². The summed E-state index contributed by atoms with van der Waals surface area (Å²) in [6.07, 6.45) is 6.81. The third kappa shape index (κ3) is 2.27. The molecule has 0 heterocycles. The maximum absolute atomic E-state index is 8.91. The molecule has 80 valence electrons. The van der Waals surface area contributed by atoms with E-state index in [1.54, 1.807) is 0 Å². The highest BCUT2D eigenvalue weighted by atomic mass is 16.3. The van der Waals surface area contributed by atoms with Crippen LogP contribution in [0.15, 0.2) is 23.3 Å². The molecule has 0 saturated heterocycles. The molecule has 0 aromatic carbocycles. The maximum Gasteiger partial charge on any atom is 0.0639 e. The van der Waals surface area contributed by atoms with E-state index in [9.17, 15) is 0 Å². The number of allylic oxidation sites excluding steroid dienone is 3. The Bertz CT molecular complexity index is 258. The Balaban J connectivity index is 2.58. The molecule has 0 amide bonds. The molecule has 1 atom stereocenters. The number of hydrogen-bond donors (Lipinski definition) is 1. The van der Waals surface area contributed by atoms with Gasteiger partial charge in [-0.05, 0) is 38.0 Å². The summed E-state index contributed by atoms with van der Waals surface area (Å²) >= 11 is 0. The molecule has 0 aromatic rings. The Morgan fingerprint density at radius 3 is 2.71 bits per heavy atom. The molecule has 0 bridgehead atoms. The van der Waals surface area contributed by atoms with E-state index < -0.39 is 0 Å². The van der Waals surface area contributed by atoms with Gasteiger partial charge in [-0.3, -0.25) is 0 Å². The van der Waals surface area contributed by atoms with E-state index in [4.69, 9.17) is 5.11 Å². The van der Waals surface area contributed by atoms with Crippen molar-refractivity contribution in [1.82, 2.24) is 0 Å². The highest BCUT2D eigenvalue weighted by molar-refractivity contribution is 5.19. The number of aliphatic hydroxyl groups excluding tert-OH is 1. The van der Waals surface area contributed by atoms with Crippen LogP contribution < -0.4 is 0 Å². The average molecular weight is 194 g/mol.